The van der Waals surface area contributed by atoms with Crippen molar-refractivity contribution < 1.29 is 4.39 Å². The van der Waals surface area contributed by atoms with Crippen LogP contribution < -0.4 is 10.6 Å². The van der Waals surface area contributed by atoms with Gasteiger partial charge in [-0.3, -0.25) is 4.68 Å². The van der Waals surface area contributed by atoms with Gasteiger partial charge in [0.1, 0.15) is 5.82 Å². The van der Waals surface area contributed by atoms with Gasteiger partial charge in [0.2, 0.25) is 0 Å². The van der Waals surface area contributed by atoms with E-state index in [0.717, 1.165) is 16.8 Å². The Balaban J connectivity index is 1.53. The Morgan fingerprint density at radius 3 is 2.68 bits per heavy atom. The zero-order valence-corrected chi connectivity index (χ0v) is 14.8. The summed E-state index contributed by atoms with van der Waals surface area (Å²) in [7, 11) is 0. The number of nitrogens with one attached hydrogen (secondary N) is 2. The Hall–Kier alpha value is -2.44. The molecular weight excluding hydrogens is 359 g/mol. The van der Waals surface area contributed by atoms with Gasteiger partial charge < -0.3 is 10.6 Å². The molecule has 0 unspecified atom stereocenters. The molecule has 0 aliphatic rings. The molecule has 7 heteroatoms. The van der Waals surface area contributed by atoms with Crippen LogP contribution in [-0.2, 0) is 13.1 Å². The van der Waals surface area contributed by atoms with Crippen LogP contribution >= 0.6 is 23.8 Å². The minimum absolute atomic E-state index is 0.254. The molecule has 0 atom stereocenters. The van der Waals surface area contributed by atoms with E-state index in [0.29, 0.717) is 23.2 Å². The normalized spacial score (nSPS) is 10.5. The van der Waals surface area contributed by atoms with Crippen LogP contribution in [0.15, 0.2) is 60.9 Å². The van der Waals surface area contributed by atoms with Gasteiger partial charge in [-0.05, 0) is 41.5 Å². The Labute approximate surface area is 155 Å². The third-order valence-electron chi connectivity index (χ3n) is 3.55. The van der Waals surface area contributed by atoms with Crippen molar-refractivity contribution in [3.63, 3.8) is 0 Å². The smallest absolute Gasteiger partial charge is 0.171 e. The molecule has 3 aromatic rings. The van der Waals surface area contributed by atoms with E-state index in [1.54, 1.807) is 23.0 Å². The third kappa shape index (κ3) is 5.01. The van der Waals surface area contributed by atoms with Gasteiger partial charge in [-0.2, -0.15) is 5.10 Å². The lowest BCUT2D eigenvalue weighted by Gasteiger charge is -2.09. The molecule has 128 valence electrons. The lowest BCUT2D eigenvalue weighted by molar-refractivity contribution is 0.627. The number of aromatic nitrogens is 2. The number of thiocarbonyl (C=S) groups is 1. The van der Waals surface area contributed by atoms with E-state index in [1.807, 2.05) is 30.5 Å². The molecule has 1 heterocycles. The van der Waals surface area contributed by atoms with Gasteiger partial charge in [0, 0.05) is 17.8 Å². The standard InChI is InChI=1S/C18H16ClFN4S/c19-17-4-2-1-3-14(17)11-24-12-16(10-22-24)23-18(25)21-9-13-5-7-15(20)8-6-13/h1-8,10,12H,9,11H2,(H2,21,23,25). The van der Waals surface area contributed by atoms with Crippen LogP contribution in [-0.4, -0.2) is 14.9 Å². The molecule has 0 saturated carbocycles. The minimum atomic E-state index is -0.254. The molecule has 25 heavy (non-hydrogen) atoms. The molecule has 2 aromatic carbocycles. The van der Waals surface area contributed by atoms with E-state index in [-0.39, 0.29) is 5.82 Å². The van der Waals surface area contributed by atoms with Crippen LogP contribution in [0.2, 0.25) is 5.02 Å². The number of nitrogens with zero attached hydrogens (tertiary/aromatic N) is 2. The average Bonchev–Trinajstić information content (AvgIpc) is 3.03. The van der Waals surface area contributed by atoms with Gasteiger partial charge in [0.25, 0.3) is 0 Å². The predicted octanol–water partition coefficient (Wildman–Crippen LogP) is 4.21. The molecule has 1 aromatic heterocycles. The van der Waals surface area contributed by atoms with Crippen LogP contribution in [0, 0.1) is 5.82 Å². The number of hydrogen-bond acceptors (Lipinski definition) is 2. The van der Waals surface area contributed by atoms with Crippen LogP contribution in [0.25, 0.3) is 0 Å². The van der Waals surface area contributed by atoms with Gasteiger partial charge in [0.15, 0.2) is 5.11 Å². The van der Waals surface area contributed by atoms with Gasteiger partial charge >= 0.3 is 0 Å². The first-order valence-electron chi connectivity index (χ1n) is 7.65. The Morgan fingerprint density at radius 1 is 1.16 bits per heavy atom. The molecule has 2 N–H and O–H groups in total. The van der Waals surface area contributed by atoms with Gasteiger partial charge in [0.05, 0.1) is 18.4 Å². The zero-order valence-electron chi connectivity index (χ0n) is 13.2. The first kappa shape index (κ1) is 17.4. The maximum atomic E-state index is 12.9. The maximum Gasteiger partial charge on any atom is 0.171 e. The second-order valence-corrected chi connectivity index (χ2v) is 6.27. The highest BCUT2D eigenvalue weighted by molar-refractivity contribution is 7.80. The largest absolute Gasteiger partial charge is 0.358 e. The highest BCUT2D eigenvalue weighted by Crippen LogP contribution is 2.16. The van der Waals surface area contributed by atoms with Crippen LogP contribution in [0.3, 0.4) is 0 Å². The van der Waals surface area contributed by atoms with Crippen molar-refractivity contribution in [2.45, 2.75) is 13.1 Å². The fraction of sp³-hybridized carbons (Fsp3) is 0.111. The van der Waals surface area contributed by atoms with Crippen LogP contribution in [0.4, 0.5) is 10.1 Å². The summed E-state index contributed by atoms with van der Waals surface area (Å²) in [4.78, 5) is 0. The van der Waals surface area contributed by atoms with E-state index in [1.165, 1.54) is 12.1 Å². The number of benzene rings is 2. The van der Waals surface area contributed by atoms with Gasteiger partial charge in [-0.15, -0.1) is 0 Å². The average molecular weight is 375 g/mol. The van der Waals surface area contributed by atoms with Crippen molar-refractivity contribution in [3.05, 3.63) is 82.9 Å². The summed E-state index contributed by atoms with van der Waals surface area (Å²) in [5.74, 6) is -0.254. The number of rotatable bonds is 5. The first-order chi connectivity index (χ1) is 12.1. The molecule has 3 rings (SSSR count). The SMILES string of the molecule is Fc1ccc(CNC(=S)Nc2cnn(Cc3ccccc3Cl)c2)cc1. The van der Waals surface area contributed by atoms with Crippen molar-refractivity contribution in [2.24, 2.45) is 0 Å². The molecule has 0 fully saturated rings. The molecule has 0 aliphatic carbocycles. The van der Waals surface area contributed by atoms with E-state index in [4.69, 9.17) is 23.8 Å². The summed E-state index contributed by atoms with van der Waals surface area (Å²) in [5.41, 5.74) is 2.72. The van der Waals surface area contributed by atoms with E-state index in [2.05, 4.69) is 15.7 Å². The monoisotopic (exact) mass is 374 g/mol. The topological polar surface area (TPSA) is 41.9 Å². The third-order valence-corrected chi connectivity index (χ3v) is 4.16. The molecular formula is C18H16ClFN4S. The van der Waals surface area contributed by atoms with Crippen LogP contribution in [0.1, 0.15) is 11.1 Å². The second kappa shape index (κ2) is 8.09. The summed E-state index contributed by atoms with van der Waals surface area (Å²) in [5, 5.41) is 11.6. The van der Waals surface area contributed by atoms with Crippen molar-refractivity contribution in [2.75, 3.05) is 5.32 Å². The van der Waals surface area contributed by atoms with Crippen molar-refractivity contribution in [1.29, 1.82) is 0 Å². The molecule has 0 amide bonds. The molecule has 4 nitrogen and oxygen atoms in total. The second-order valence-electron chi connectivity index (χ2n) is 5.45. The summed E-state index contributed by atoms with van der Waals surface area (Å²) in [6.07, 6.45) is 3.55. The predicted molar refractivity (Wildman–Crippen MR) is 102 cm³/mol. The quantitative estimate of drug-likeness (QED) is 0.656. The molecule has 0 saturated heterocycles. The summed E-state index contributed by atoms with van der Waals surface area (Å²) in [6, 6.07) is 13.9. The lowest BCUT2D eigenvalue weighted by Crippen LogP contribution is -2.27. The van der Waals surface area contributed by atoms with Gasteiger partial charge in [-0.25, -0.2) is 4.39 Å². The Bertz CT molecular complexity index is 864. The van der Waals surface area contributed by atoms with Crippen molar-refractivity contribution in [3.8, 4) is 0 Å². The summed E-state index contributed by atoms with van der Waals surface area (Å²) < 4.78 is 14.7. The van der Waals surface area contributed by atoms with Crippen LogP contribution in [0.5, 0.6) is 0 Å². The highest BCUT2D eigenvalue weighted by atomic mass is 35.5. The van der Waals surface area contributed by atoms with Gasteiger partial charge in [-0.1, -0.05) is 41.9 Å². The number of halogens is 2. The molecule has 0 radical (unpaired) electrons. The maximum absolute atomic E-state index is 12.9. The zero-order chi connectivity index (χ0) is 17.6. The fourth-order valence-electron chi connectivity index (χ4n) is 2.28. The van der Waals surface area contributed by atoms with Crippen molar-refractivity contribution in [1.82, 2.24) is 15.1 Å². The Morgan fingerprint density at radius 2 is 1.92 bits per heavy atom. The summed E-state index contributed by atoms with van der Waals surface area (Å²) >= 11 is 11.4. The van der Waals surface area contributed by atoms with E-state index < -0.39 is 0 Å². The lowest BCUT2D eigenvalue weighted by atomic mass is 10.2. The Kier molecular flexibility index (Phi) is 5.63. The molecule has 0 spiro atoms. The number of anilines is 1. The highest BCUT2D eigenvalue weighted by Gasteiger charge is 2.04. The first-order valence-corrected chi connectivity index (χ1v) is 8.44. The molecule has 0 bridgehead atoms. The van der Waals surface area contributed by atoms with E-state index in [9.17, 15) is 4.39 Å². The summed E-state index contributed by atoms with van der Waals surface area (Å²) in [6.45, 7) is 1.09. The van der Waals surface area contributed by atoms with E-state index >= 15 is 0 Å². The molecule has 0 aliphatic heterocycles. The fourth-order valence-corrected chi connectivity index (χ4v) is 2.66. The minimum Gasteiger partial charge on any atom is -0.358 e. The van der Waals surface area contributed by atoms with Crippen molar-refractivity contribution >= 4 is 34.6 Å². The number of hydrogen-bond donors (Lipinski definition) is 2.